The standard InChI is InChI=1S/C24H30N2O2.ClH/c1-4-5-13-28-23-21-14-19(18-9-7-6-8-10-18)11-12-20(21)24(27)26(16-17(2)3)22(23)15-25;/h6-12,14,17H,4-5,13,15-16,25H2,1-3H3;1H. The van der Waals surface area contributed by atoms with Gasteiger partial charge in [0.05, 0.1) is 17.7 Å². The molecule has 5 heteroatoms. The van der Waals surface area contributed by atoms with Gasteiger partial charge in [0.25, 0.3) is 5.56 Å². The van der Waals surface area contributed by atoms with E-state index in [0.29, 0.717) is 24.5 Å². The zero-order valence-corrected chi connectivity index (χ0v) is 18.3. The van der Waals surface area contributed by atoms with Gasteiger partial charge >= 0.3 is 0 Å². The maximum Gasteiger partial charge on any atom is 0.258 e. The van der Waals surface area contributed by atoms with E-state index >= 15 is 0 Å². The molecule has 0 spiro atoms. The molecule has 3 aromatic rings. The van der Waals surface area contributed by atoms with Crippen LogP contribution >= 0.6 is 12.4 Å². The van der Waals surface area contributed by atoms with Crippen LogP contribution in [0.1, 0.15) is 39.3 Å². The highest BCUT2D eigenvalue weighted by atomic mass is 35.5. The lowest BCUT2D eigenvalue weighted by Gasteiger charge is -2.21. The molecule has 0 saturated heterocycles. The van der Waals surface area contributed by atoms with Crippen molar-refractivity contribution in [1.29, 1.82) is 0 Å². The second kappa shape index (κ2) is 10.5. The summed E-state index contributed by atoms with van der Waals surface area (Å²) < 4.78 is 8.01. The summed E-state index contributed by atoms with van der Waals surface area (Å²) in [5.41, 5.74) is 9.07. The number of unbranched alkanes of at least 4 members (excludes halogenated alkanes) is 1. The number of aromatic nitrogens is 1. The van der Waals surface area contributed by atoms with Crippen molar-refractivity contribution in [3.05, 3.63) is 64.6 Å². The number of ether oxygens (including phenoxy) is 1. The number of fused-ring (bicyclic) bond motifs is 1. The van der Waals surface area contributed by atoms with Crippen molar-refractivity contribution < 1.29 is 4.74 Å². The predicted octanol–water partition coefficient (Wildman–Crippen LogP) is 5.38. The van der Waals surface area contributed by atoms with E-state index in [0.717, 1.165) is 40.8 Å². The smallest absolute Gasteiger partial charge is 0.258 e. The predicted molar refractivity (Wildman–Crippen MR) is 124 cm³/mol. The maximum absolute atomic E-state index is 13.2. The summed E-state index contributed by atoms with van der Waals surface area (Å²) in [6, 6.07) is 16.2. The number of halogens is 1. The quantitative estimate of drug-likeness (QED) is 0.503. The van der Waals surface area contributed by atoms with Gasteiger partial charge in [0, 0.05) is 18.5 Å². The van der Waals surface area contributed by atoms with Crippen LogP contribution in [-0.4, -0.2) is 11.2 Å². The minimum Gasteiger partial charge on any atom is -0.491 e. The van der Waals surface area contributed by atoms with Gasteiger partial charge in [0.1, 0.15) is 5.75 Å². The molecular formula is C24H31ClN2O2. The molecular weight excluding hydrogens is 384 g/mol. The number of pyridine rings is 1. The fraction of sp³-hybridized carbons (Fsp3) is 0.375. The van der Waals surface area contributed by atoms with Crippen LogP contribution in [-0.2, 0) is 13.1 Å². The summed E-state index contributed by atoms with van der Waals surface area (Å²) in [5, 5.41) is 1.53. The molecule has 0 unspecified atom stereocenters. The Balaban J connectivity index is 0.00000300. The first-order valence-corrected chi connectivity index (χ1v) is 10.1. The van der Waals surface area contributed by atoms with E-state index in [1.54, 1.807) is 4.57 Å². The minimum absolute atomic E-state index is 0. The zero-order valence-electron chi connectivity index (χ0n) is 17.5. The summed E-state index contributed by atoms with van der Waals surface area (Å²) in [5.74, 6) is 1.09. The highest BCUT2D eigenvalue weighted by Crippen LogP contribution is 2.32. The van der Waals surface area contributed by atoms with Crippen LogP contribution in [0.15, 0.2) is 53.3 Å². The lowest BCUT2D eigenvalue weighted by molar-refractivity contribution is 0.304. The number of rotatable bonds is 8. The Labute approximate surface area is 179 Å². The highest BCUT2D eigenvalue weighted by Gasteiger charge is 2.18. The first-order chi connectivity index (χ1) is 13.6. The molecule has 0 aliphatic heterocycles. The van der Waals surface area contributed by atoms with E-state index in [1.165, 1.54) is 0 Å². The van der Waals surface area contributed by atoms with Crippen LogP contribution in [0.25, 0.3) is 21.9 Å². The normalized spacial score (nSPS) is 10.9. The molecule has 0 saturated carbocycles. The first-order valence-electron chi connectivity index (χ1n) is 10.1. The van der Waals surface area contributed by atoms with Crippen molar-refractivity contribution in [2.75, 3.05) is 6.61 Å². The van der Waals surface area contributed by atoms with E-state index in [4.69, 9.17) is 10.5 Å². The van der Waals surface area contributed by atoms with Crippen molar-refractivity contribution >= 4 is 23.2 Å². The molecule has 29 heavy (non-hydrogen) atoms. The van der Waals surface area contributed by atoms with E-state index in [1.807, 2.05) is 30.3 Å². The molecule has 0 aliphatic carbocycles. The summed E-state index contributed by atoms with van der Waals surface area (Å²) in [4.78, 5) is 13.2. The van der Waals surface area contributed by atoms with Crippen molar-refractivity contribution in [1.82, 2.24) is 4.57 Å². The van der Waals surface area contributed by atoms with Crippen molar-refractivity contribution in [3.8, 4) is 16.9 Å². The molecule has 0 bridgehead atoms. The molecule has 3 rings (SSSR count). The number of hydrogen-bond donors (Lipinski definition) is 1. The van der Waals surface area contributed by atoms with Crippen LogP contribution in [0.3, 0.4) is 0 Å². The molecule has 0 atom stereocenters. The Kier molecular flexibility index (Phi) is 8.30. The lowest BCUT2D eigenvalue weighted by atomic mass is 10.0. The topological polar surface area (TPSA) is 57.2 Å². The Bertz CT molecular complexity index is 997. The second-order valence-corrected chi connectivity index (χ2v) is 7.62. The first kappa shape index (κ1) is 23.0. The fourth-order valence-electron chi connectivity index (χ4n) is 3.52. The van der Waals surface area contributed by atoms with E-state index < -0.39 is 0 Å². The minimum atomic E-state index is 0. The third kappa shape index (κ3) is 5.01. The van der Waals surface area contributed by atoms with Crippen LogP contribution < -0.4 is 16.0 Å². The molecule has 4 nitrogen and oxygen atoms in total. The van der Waals surface area contributed by atoms with Gasteiger partial charge in [0.15, 0.2) is 0 Å². The molecule has 0 amide bonds. The van der Waals surface area contributed by atoms with Crippen LogP contribution in [0.2, 0.25) is 0 Å². The van der Waals surface area contributed by atoms with Crippen molar-refractivity contribution in [2.45, 2.75) is 46.7 Å². The highest BCUT2D eigenvalue weighted by molar-refractivity contribution is 5.92. The Morgan fingerprint density at radius 1 is 1.03 bits per heavy atom. The summed E-state index contributed by atoms with van der Waals surface area (Å²) >= 11 is 0. The molecule has 2 N–H and O–H groups in total. The van der Waals surface area contributed by atoms with Gasteiger partial charge in [-0.15, -0.1) is 12.4 Å². The molecule has 2 aromatic carbocycles. The fourth-order valence-corrected chi connectivity index (χ4v) is 3.52. The van der Waals surface area contributed by atoms with E-state index in [-0.39, 0.29) is 24.5 Å². The van der Waals surface area contributed by atoms with Crippen LogP contribution in [0.5, 0.6) is 5.75 Å². The van der Waals surface area contributed by atoms with Crippen LogP contribution in [0.4, 0.5) is 0 Å². The van der Waals surface area contributed by atoms with E-state index in [2.05, 4.69) is 39.0 Å². The summed E-state index contributed by atoms with van der Waals surface area (Å²) in [6.45, 7) is 7.87. The monoisotopic (exact) mass is 414 g/mol. The van der Waals surface area contributed by atoms with Gasteiger partial charge in [-0.1, -0.05) is 63.6 Å². The Morgan fingerprint density at radius 2 is 1.76 bits per heavy atom. The average molecular weight is 415 g/mol. The lowest BCUT2D eigenvalue weighted by Crippen LogP contribution is -2.28. The van der Waals surface area contributed by atoms with Crippen molar-refractivity contribution in [3.63, 3.8) is 0 Å². The molecule has 0 aliphatic rings. The molecule has 156 valence electrons. The number of benzene rings is 2. The number of nitrogens with zero attached hydrogens (tertiary/aromatic N) is 1. The molecule has 0 fully saturated rings. The third-order valence-corrected chi connectivity index (χ3v) is 4.92. The van der Waals surface area contributed by atoms with Gasteiger partial charge in [-0.05, 0) is 35.6 Å². The van der Waals surface area contributed by atoms with Gasteiger partial charge in [0.2, 0.25) is 0 Å². The zero-order chi connectivity index (χ0) is 20.1. The SMILES string of the molecule is CCCCOc1c(CN)n(CC(C)C)c(=O)c2ccc(-c3ccccc3)cc12.Cl. The van der Waals surface area contributed by atoms with Gasteiger partial charge in [-0.3, -0.25) is 4.79 Å². The van der Waals surface area contributed by atoms with E-state index in [9.17, 15) is 4.79 Å². The average Bonchev–Trinajstić information content (AvgIpc) is 2.71. The second-order valence-electron chi connectivity index (χ2n) is 7.62. The molecule has 1 aromatic heterocycles. The largest absolute Gasteiger partial charge is 0.491 e. The van der Waals surface area contributed by atoms with Gasteiger partial charge in [-0.2, -0.15) is 0 Å². The third-order valence-electron chi connectivity index (χ3n) is 4.92. The Morgan fingerprint density at radius 3 is 2.38 bits per heavy atom. The number of nitrogens with two attached hydrogens (primary N) is 1. The molecule has 1 heterocycles. The van der Waals surface area contributed by atoms with Gasteiger partial charge in [-0.25, -0.2) is 0 Å². The van der Waals surface area contributed by atoms with Crippen LogP contribution in [0, 0.1) is 5.92 Å². The van der Waals surface area contributed by atoms with Crippen molar-refractivity contribution in [2.24, 2.45) is 11.7 Å². The maximum atomic E-state index is 13.2. The summed E-state index contributed by atoms with van der Waals surface area (Å²) in [7, 11) is 0. The Hall–Kier alpha value is -2.30. The molecule has 0 radical (unpaired) electrons. The number of hydrogen-bond acceptors (Lipinski definition) is 3. The van der Waals surface area contributed by atoms with Gasteiger partial charge < -0.3 is 15.0 Å². The summed E-state index contributed by atoms with van der Waals surface area (Å²) in [6.07, 6.45) is 2.02.